The molecule has 0 bridgehead atoms. The van der Waals surface area contributed by atoms with E-state index >= 15 is 0 Å². The number of thiophene rings is 1. The Bertz CT molecular complexity index is 341. The van der Waals surface area contributed by atoms with E-state index in [1.54, 1.807) is 12.1 Å². The number of hydrogen-bond donors (Lipinski definition) is 1. The van der Waals surface area contributed by atoms with Gasteiger partial charge in [0.15, 0.2) is 0 Å². The predicted octanol–water partition coefficient (Wildman–Crippen LogP) is 3.18. The van der Waals surface area contributed by atoms with Gasteiger partial charge in [-0.2, -0.15) is 0 Å². The summed E-state index contributed by atoms with van der Waals surface area (Å²) in [5.74, 6) is 2.14. The van der Waals surface area contributed by atoms with Gasteiger partial charge in [0.25, 0.3) is 5.91 Å². The first-order chi connectivity index (χ1) is 7.15. The van der Waals surface area contributed by atoms with E-state index < -0.39 is 0 Å². The second kappa shape index (κ2) is 8.34. The van der Waals surface area contributed by atoms with Crippen LogP contribution in [0.1, 0.15) is 29.9 Å². The number of halogens is 1. The molecule has 1 aromatic rings. The highest BCUT2D eigenvalue weighted by atomic mass is 35.5. The van der Waals surface area contributed by atoms with Crippen molar-refractivity contribution in [1.82, 2.24) is 5.32 Å². The number of rotatable bonds is 2. The molecule has 1 amide bonds. The van der Waals surface area contributed by atoms with E-state index in [9.17, 15) is 4.79 Å². The Morgan fingerprint density at radius 1 is 1.60 bits per heavy atom. The van der Waals surface area contributed by atoms with Gasteiger partial charge in [0, 0.05) is 0 Å². The Morgan fingerprint density at radius 2 is 2.20 bits per heavy atom. The molecule has 82 valence electrons. The molecule has 1 rings (SSSR count). The minimum Gasteiger partial charge on any atom is -0.340 e. The average molecular weight is 244 g/mol. The fourth-order valence-corrected chi connectivity index (χ4v) is 1.61. The number of hydrogen-bond acceptors (Lipinski definition) is 2. The maximum Gasteiger partial charge on any atom is 0.262 e. The Hall–Kier alpha value is -0.980. The molecule has 0 fully saturated rings. The zero-order valence-electron chi connectivity index (χ0n) is 8.84. The fraction of sp³-hybridized carbons (Fsp3) is 0.364. The quantitative estimate of drug-likeness (QED) is 0.795. The van der Waals surface area contributed by atoms with E-state index in [2.05, 4.69) is 25.1 Å². The van der Waals surface area contributed by atoms with Crippen LogP contribution in [0.25, 0.3) is 0 Å². The lowest BCUT2D eigenvalue weighted by atomic mass is 10.4. The van der Waals surface area contributed by atoms with Crippen LogP contribution >= 0.6 is 22.9 Å². The largest absolute Gasteiger partial charge is 0.340 e. The van der Waals surface area contributed by atoms with Gasteiger partial charge >= 0.3 is 0 Å². The van der Waals surface area contributed by atoms with Gasteiger partial charge in [-0.15, -0.1) is 17.8 Å². The number of carbonyl (C=O) groups is 1. The monoisotopic (exact) mass is 243 g/mol. The van der Waals surface area contributed by atoms with Gasteiger partial charge in [0.05, 0.1) is 15.8 Å². The van der Waals surface area contributed by atoms with Gasteiger partial charge < -0.3 is 5.32 Å². The summed E-state index contributed by atoms with van der Waals surface area (Å²) in [7, 11) is 0. The average Bonchev–Trinajstić information content (AvgIpc) is 2.62. The number of carbonyl (C=O) groups excluding carboxylic acids is 1. The van der Waals surface area contributed by atoms with Gasteiger partial charge in [-0.3, -0.25) is 4.79 Å². The van der Waals surface area contributed by atoms with Gasteiger partial charge in [-0.05, 0) is 12.1 Å². The Kier molecular flexibility index (Phi) is 7.79. The molecule has 0 spiro atoms. The van der Waals surface area contributed by atoms with E-state index in [0.717, 1.165) is 0 Å². The standard InChI is InChI=1S/C8H6ClNOS.C3H8/c1-2-5-10-8(11)6-3-4-7(9)12-6;1-3-2/h1,3-4H,5H2,(H,10,11);3H2,1-2H3. The smallest absolute Gasteiger partial charge is 0.262 e. The van der Waals surface area contributed by atoms with E-state index in [1.807, 2.05) is 0 Å². The summed E-state index contributed by atoms with van der Waals surface area (Å²) in [5, 5.41) is 2.54. The summed E-state index contributed by atoms with van der Waals surface area (Å²) in [4.78, 5) is 11.7. The maximum absolute atomic E-state index is 11.2. The van der Waals surface area contributed by atoms with Gasteiger partial charge in [-0.1, -0.05) is 37.8 Å². The normalized spacial score (nSPS) is 8.40. The summed E-state index contributed by atoms with van der Waals surface area (Å²) >= 11 is 6.87. The molecule has 0 aliphatic heterocycles. The van der Waals surface area contributed by atoms with E-state index in [-0.39, 0.29) is 12.5 Å². The van der Waals surface area contributed by atoms with Crippen molar-refractivity contribution >= 4 is 28.8 Å². The second-order valence-corrected chi connectivity index (χ2v) is 4.41. The van der Waals surface area contributed by atoms with E-state index in [0.29, 0.717) is 9.21 Å². The highest BCUT2D eigenvalue weighted by Crippen LogP contribution is 2.20. The van der Waals surface area contributed by atoms with Gasteiger partial charge in [-0.25, -0.2) is 0 Å². The van der Waals surface area contributed by atoms with Crippen molar-refractivity contribution in [1.29, 1.82) is 0 Å². The molecule has 0 aliphatic carbocycles. The molecule has 1 heterocycles. The number of amides is 1. The third kappa shape index (κ3) is 6.16. The maximum atomic E-state index is 11.2. The molecule has 1 aromatic heterocycles. The van der Waals surface area contributed by atoms with Crippen LogP contribution < -0.4 is 5.32 Å². The van der Waals surface area contributed by atoms with Crippen LogP contribution in [0, 0.1) is 12.3 Å². The molecular weight excluding hydrogens is 230 g/mol. The molecule has 0 saturated carbocycles. The molecule has 4 heteroatoms. The molecule has 15 heavy (non-hydrogen) atoms. The Balaban J connectivity index is 0.000000583. The Labute approximate surface area is 99.6 Å². The molecule has 1 N–H and O–H groups in total. The van der Waals surface area contributed by atoms with Crippen LogP contribution in [0.2, 0.25) is 4.34 Å². The van der Waals surface area contributed by atoms with Crippen LogP contribution in [-0.4, -0.2) is 12.5 Å². The molecule has 0 radical (unpaired) electrons. The lowest BCUT2D eigenvalue weighted by Crippen LogP contribution is -2.22. The van der Waals surface area contributed by atoms with Crippen LogP contribution in [0.15, 0.2) is 12.1 Å². The van der Waals surface area contributed by atoms with Crippen molar-refractivity contribution in [3.8, 4) is 12.3 Å². The first-order valence-electron chi connectivity index (χ1n) is 4.62. The van der Waals surface area contributed by atoms with Gasteiger partial charge in [0.1, 0.15) is 0 Å². The molecule has 0 unspecified atom stereocenters. The van der Waals surface area contributed by atoms with Crippen LogP contribution in [0.5, 0.6) is 0 Å². The predicted molar refractivity (Wildman–Crippen MR) is 66.5 cm³/mol. The third-order valence-electron chi connectivity index (χ3n) is 1.15. The van der Waals surface area contributed by atoms with Crippen LogP contribution in [-0.2, 0) is 0 Å². The summed E-state index contributed by atoms with van der Waals surface area (Å²) < 4.78 is 0.598. The molecule has 0 aliphatic rings. The first-order valence-corrected chi connectivity index (χ1v) is 5.82. The van der Waals surface area contributed by atoms with Crippen molar-refractivity contribution in [3.05, 3.63) is 21.3 Å². The third-order valence-corrected chi connectivity index (χ3v) is 2.38. The van der Waals surface area contributed by atoms with Crippen molar-refractivity contribution in [3.63, 3.8) is 0 Å². The molecule has 0 saturated heterocycles. The highest BCUT2D eigenvalue weighted by Gasteiger charge is 2.06. The summed E-state index contributed by atoms with van der Waals surface area (Å²) in [6, 6.07) is 3.34. The summed E-state index contributed by atoms with van der Waals surface area (Å²) in [6.45, 7) is 4.49. The highest BCUT2D eigenvalue weighted by molar-refractivity contribution is 7.17. The van der Waals surface area contributed by atoms with Crippen molar-refractivity contribution < 1.29 is 4.79 Å². The van der Waals surface area contributed by atoms with Crippen molar-refractivity contribution in [2.45, 2.75) is 20.3 Å². The minimum absolute atomic E-state index is 0.176. The fourth-order valence-electron chi connectivity index (χ4n) is 0.655. The van der Waals surface area contributed by atoms with E-state index in [4.69, 9.17) is 18.0 Å². The molecular formula is C11H14ClNOS. The topological polar surface area (TPSA) is 29.1 Å². The number of nitrogens with one attached hydrogen (secondary N) is 1. The first kappa shape index (κ1) is 14.0. The second-order valence-electron chi connectivity index (χ2n) is 2.70. The van der Waals surface area contributed by atoms with Crippen LogP contribution in [0.4, 0.5) is 0 Å². The minimum atomic E-state index is -0.176. The zero-order valence-corrected chi connectivity index (χ0v) is 10.4. The lowest BCUT2D eigenvalue weighted by Gasteiger charge is -1.95. The lowest BCUT2D eigenvalue weighted by molar-refractivity contribution is 0.0963. The van der Waals surface area contributed by atoms with Crippen molar-refractivity contribution in [2.75, 3.05) is 6.54 Å². The van der Waals surface area contributed by atoms with Gasteiger partial charge in [0.2, 0.25) is 0 Å². The molecule has 0 atom stereocenters. The molecule has 0 aromatic carbocycles. The van der Waals surface area contributed by atoms with Crippen LogP contribution in [0.3, 0.4) is 0 Å². The van der Waals surface area contributed by atoms with Crippen molar-refractivity contribution in [2.24, 2.45) is 0 Å². The summed E-state index contributed by atoms with van der Waals surface area (Å²) in [6.07, 6.45) is 6.22. The molecule has 2 nitrogen and oxygen atoms in total. The Morgan fingerprint density at radius 3 is 2.60 bits per heavy atom. The summed E-state index contributed by atoms with van der Waals surface area (Å²) in [5.41, 5.74) is 0. The van der Waals surface area contributed by atoms with E-state index in [1.165, 1.54) is 17.8 Å². The zero-order chi connectivity index (χ0) is 11.7. The SMILES string of the molecule is C#CCNC(=O)c1ccc(Cl)s1.CCC. The number of terminal acetylenes is 1.